The zero-order valence-corrected chi connectivity index (χ0v) is 11.5. The Hall–Kier alpha value is -2.39. The van der Waals surface area contributed by atoms with Gasteiger partial charge in [-0.05, 0) is 24.1 Å². The van der Waals surface area contributed by atoms with Crippen LogP contribution in [0, 0.1) is 17.2 Å². The number of nitrogens with zero attached hydrogens (tertiary/aromatic N) is 1. The zero-order chi connectivity index (χ0) is 15.2. The summed E-state index contributed by atoms with van der Waals surface area (Å²) in [5.41, 5.74) is 6.73. The molecule has 21 heavy (non-hydrogen) atoms. The second kappa shape index (κ2) is 6.86. The fourth-order valence-corrected chi connectivity index (χ4v) is 2.20. The number of hydrogen-bond donors (Lipinski definition) is 2. The SMILES string of the molecule is N#Cc1ccc(C[C@H](NC(=O)[C@H]2CCOC2)C(N)=O)cc1. The van der Waals surface area contributed by atoms with E-state index in [1.807, 2.05) is 6.07 Å². The quantitative estimate of drug-likeness (QED) is 0.801. The second-order valence-corrected chi connectivity index (χ2v) is 5.04. The van der Waals surface area contributed by atoms with Crippen LogP contribution in [0.15, 0.2) is 24.3 Å². The lowest BCUT2D eigenvalue weighted by atomic mass is 10.0. The smallest absolute Gasteiger partial charge is 0.240 e. The lowest BCUT2D eigenvalue weighted by Crippen LogP contribution is -2.48. The van der Waals surface area contributed by atoms with Gasteiger partial charge in [0.1, 0.15) is 6.04 Å². The van der Waals surface area contributed by atoms with Crippen molar-refractivity contribution in [2.24, 2.45) is 11.7 Å². The summed E-state index contributed by atoms with van der Waals surface area (Å²) >= 11 is 0. The first kappa shape index (κ1) is 15.0. The first-order valence-electron chi connectivity index (χ1n) is 6.76. The maximum Gasteiger partial charge on any atom is 0.240 e. The molecule has 1 fully saturated rings. The number of nitriles is 1. The molecule has 0 aromatic heterocycles. The Morgan fingerprint density at radius 3 is 2.67 bits per heavy atom. The molecule has 6 heteroatoms. The van der Waals surface area contributed by atoms with Crippen molar-refractivity contribution in [2.45, 2.75) is 18.9 Å². The van der Waals surface area contributed by atoms with Gasteiger partial charge in [-0.3, -0.25) is 9.59 Å². The molecule has 0 bridgehead atoms. The fourth-order valence-electron chi connectivity index (χ4n) is 2.20. The highest BCUT2D eigenvalue weighted by atomic mass is 16.5. The minimum Gasteiger partial charge on any atom is -0.381 e. The van der Waals surface area contributed by atoms with E-state index < -0.39 is 11.9 Å². The van der Waals surface area contributed by atoms with Crippen LogP contribution in [0.4, 0.5) is 0 Å². The number of nitrogens with two attached hydrogens (primary N) is 1. The molecule has 1 aliphatic rings. The first-order chi connectivity index (χ1) is 10.1. The number of carbonyl (C=O) groups is 2. The maximum absolute atomic E-state index is 12.0. The van der Waals surface area contributed by atoms with Gasteiger partial charge in [-0.1, -0.05) is 12.1 Å². The van der Waals surface area contributed by atoms with Crippen LogP contribution in [-0.4, -0.2) is 31.1 Å². The van der Waals surface area contributed by atoms with Crippen LogP contribution in [0.5, 0.6) is 0 Å². The van der Waals surface area contributed by atoms with Crippen LogP contribution in [0.25, 0.3) is 0 Å². The highest BCUT2D eigenvalue weighted by Crippen LogP contribution is 2.13. The Morgan fingerprint density at radius 2 is 2.14 bits per heavy atom. The molecule has 2 rings (SSSR count). The van der Waals surface area contributed by atoms with Gasteiger partial charge in [0.25, 0.3) is 0 Å². The van der Waals surface area contributed by atoms with Crippen molar-refractivity contribution in [2.75, 3.05) is 13.2 Å². The molecule has 0 aliphatic carbocycles. The first-order valence-corrected chi connectivity index (χ1v) is 6.76. The lowest BCUT2D eigenvalue weighted by molar-refractivity contribution is -0.129. The van der Waals surface area contributed by atoms with Crippen molar-refractivity contribution in [1.29, 1.82) is 5.26 Å². The standard InChI is InChI=1S/C15H17N3O3/c16-8-11-3-1-10(2-4-11)7-13(14(17)19)18-15(20)12-5-6-21-9-12/h1-4,12-13H,5-7,9H2,(H2,17,19)(H,18,20)/t12-,13-/m0/s1. The van der Waals surface area contributed by atoms with Crippen molar-refractivity contribution in [3.63, 3.8) is 0 Å². The summed E-state index contributed by atoms with van der Waals surface area (Å²) in [4.78, 5) is 23.5. The Labute approximate surface area is 122 Å². The van der Waals surface area contributed by atoms with Gasteiger partial charge in [-0.2, -0.15) is 5.26 Å². The molecule has 1 aromatic carbocycles. The molecule has 0 spiro atoms. The van der Waals surface area contributed by atoms with Crippen LogP contribution in [0.2, 0.25) is 0 Å². The Kier molecular flexibility index (Phi) is 4.90. The van der Waals surface area contributed by atoms with Gasteiger partial charge in [0.05, 0.1) is 24.2 Å². The van der Waals surface area contributed by atoms with Crippen LogP contribution < -0.4 is 11.1 Å². The number of amides is 2. The normalized spacial score (nSPS) is 18.7. The number of rotatable bonds is 5. The minimum atomic E-state index is -0.758. The molecule has 1 saturated heterocycles. The van der Waals surface area contributed by atoms with Crippen molar-refractivity contribution in [1.82, 2.24) is 5.32 Å². The van der Waals surface area contributed by atoms with Gasteiger partial charge in [-0.25, -0.2) is 0 Å². The van der Waals surface area contributed by atoms with E-state index in [0.29, 0.717) is 31.6 Å². The molecule has 2 atom stereocenters. The zero-order valence-electron chi connectivity index (χ0n) is 11.5. The number of primary amides is 1. The molecule has 3 N–H and O–H groups in total. The van der Waals surface area contributed by atoms with Crippen LogP contribution in [-0.2, 0) is 20.7 Å². The minimum absolute atomic E-state index is 0.204. The van der Waals surface area contributed by atoms with Gasteiger partial charge in [0.2, 0.25) is 11.8 Å². The largest absolute Gasteiger partial charge is 0.381 e. The predicted octanol–water partition coefficient (Wildman–Crippen LogP) is 0.107. The van der Waals surface area contributed by atoms with Gasteiger partial charge in [-0.15, -0.1) is 0 Å². The molecule has 1 aromatic rings. The van der Waals surface area contributed by atoms with Gasteiger partial charge in [0, 0.05) is 13.0 Å². The fraction of sp³-hybridized carbons (Fsp3) is 0.400. The van der Waals surface area contributed by atoms with Crippen LogP contribution in [0.3, 0.4) is 0 Å². The molecule has 0 unspecified atom stereocenters. The summed E-state index contributed by atoms with van der Waals surface area (Å²) in [5, 5.41) is 11.4. The third-order valence-electron chi connectivity index (χ3n) is 3.48. The summed E-state index contributed by atoms with van der Waals surface area (Å²) in [7, 11) is 0. The summed E-state index contributed by atoms with van der Waals surface area (Å²) < 4.78 is 5.16. The van der Waals surface area contributed by atoms with E-state index in [1.165, 1.54) is 0 Å². The second-order valence-electron chi connectivity index (χ2n) is 5.04. The molecule has 2 amide bonds. The average Bonchev–Trinajstić information content (AvgIpc) is 3.01. The van der Waals surface area contributed by atoms with Crippen molar-refractivity contribution in [3.05, 3.63) is 35.4 Å². The molecule has 0 saturated carbocycles. The number of carbonyl (C=O) groups excluding carboxylic acids is 2. The number of hydrogen-bond acceptors (Lipinski definition) is 4. The van der Waals surface area contributed by atoms with E-state index in [1.54, 1.807) is 24.3 Å². The topological polar surface area (TPSA) is 105 Å². The van der Waals surface area contributed by atoms with E-state index in [9.17, 15) is 9.59 Å². The number of nitrogens with one attached hydrogen (secondary N) is 1. The monoisotopic (exact) mass is 287 g/mol. The number of benzene rings is 1. The van der Waals surface area contributed by atoms with Crippen molar-refractivity contribution >= 4 is 11.8 Å². The lowest BCUT2D eigenvalue weighted by Gasteiger charge is -2.17. The van der Waals surface area contributed by atoms with E-state index in [-0.39, 0.29) is 11.8 Å². The van der Waals surface area contributed by atoms with Crippen molar-refractivity contribution in [3.8, 4) is 6.07 Å². The predicted molar refractivity (Wildman–Crippen MR) is 74.9 cm³/mol. The molecule has 1 aliphatic heterocycles. The van der Waals surface area contributed by atoms with Crippen LogP contribution in [0.1, 0.15) is 17.5 Å². The third kappa shape index (κ3) is 4.04. The molecule has 110 valence electrons. The third-order valence-corrected chi connectivity index (χ3v) is 3.48. The molecular formula is C15H17N3O3. The van der Waals surface area contributed by atoms with Gasteiger partial charge in [0.15, 0.2) is 0 Å². The highest BCUT2D eigenvalue weighted by Gasteiger charge is 2.27. The van der Waals surface area contributed by atoms with Gasteiger partial charge < -0.3 is 15.8 Å². The van der Waals surface area contributed by atoms with Crippen LogP contribution >= 0.6 is 0 Å². The van der Waals surface area contributed by atoms with E-state index in [2.05, 4.69) is 5.32 Å². The Bertz CT molecular complexity index is 557. The van der Waals surface area contributed by atoms with E-state index in [4.69, 9.17) is 15.7 Å². The van der Waals surface area contributed by atoms with E-state index in [0.717, 1.165) is 5.56 Å². The summed E-state index contributed by atoms with van der Waals surface area (Å²) in [6.07, 6.45) is 0.967. The molecule has 0 radical (unpaired) electrons. The Morgan fingerprint density at radius 1 is 1.43 bits per heavy atom. The van der Waals surface area contributed by atoms with Gasteiger partial charge >= 0.3 is 0 Å². The van der Waals surface area contributed by atoms with E-state index >= 15 is 0 Å². The summed E-state index contributed by atoms with van der Waals surface area (Å²) in [6.45, 7) is 0.948. The van der Waals surface area contributed by atoms with Crippen molar-refractivity contribution < 1.29 is 14.3 Å². The average molecular weight is 287 g/mol. The molecule has 6 nitrogen and oxygen atoms in total. The molecular weight excluding hydrogens is 270 g/mol. The summed E-state index contributed by atoms with van der Waals surface area (Å²) in [5.74, 6) is -0.996. The maximum atomic E-state index is 12.0. The Balaban J connectivity index is 1.99. The highest BCUT2D eigenvalue weighted by molar-refractivity contribution is 5.87. The summed E-state index contributed by atoms with van der Waals surface area (Å²) in [6, 6.07) is 8.10. The molecule has 1 heterocycles. The number of ether oxygens (including phenoxy) is 1.